The summed E-state index contributed by atoms with van der Waals surface area (Å²) in [6.45, 7) is 11.6. The van der Waals surface area contributed by atoms with Gasteiger partial charge in [-0.05, 0) is 60.7 Å². The molecule has 0 atom stereocenters. The third kappa shape index (κ3) is 5.87. The normalized spacial score (nSPS) is 12.0. The number of nitrogens with zero attached hydrogens (tertiary/aromatic N) is 1. The first-order chi connectivity index (χ1) is 17.3. The number of likely N-dealkylation sites (N-methyl/N-ethyl adjacent to an activating group) is 1. The quantitative estimate of drug-likeness (QED) is 0.362. The molecule has 0 saturated heterocycles. The van der Waals surface area contributed by atoms with Crippen molar-refractivity contribution in [3.05, 3.63) is 64.9 Å². The van der Waals surface area contributed by atoms with E-state index < -0.39 is 23.8 Å². The molecule has 2 aromatic carbocycles. The Bertz CT molecular complexity index is 1310. The molecule has 3 aromatic rings. The van der Waals surface area contributed by atoms with Gasteiger partial charge in [-0.15, -0.1) is 0 Å². The van der Waals surface area contributed by atoms with Crippen molar-refractivity contribution in [1.82, 2.24) is 4.90 Å². The molecule has 1 N–H and O–H groups in total. The first kappa shape index (κ1) is 28.0. The van der Waals surface area contributed by atoms with Gasteiger partial charge in [0.15, 0.2) is 11.5 Å². The molecule has 1 amide bonds. The number of amides is 1. The van der Waals surface area contributed by atoms with Gasteiger partial charge >= 0.3 is 5.97 Å². The van der Waals surface area contributed by atoms with Crippen LogP contribution in [0.5, 0.6) is 5.75 Å². The molecule has 0 fully saturated rings. The highest BCUT2D eigenvalue weighted by atomic mass is 16.5. The van der Waals surface area contributed by atoms with E-state index in [0.29, 0.717) is 11.3 Å². The van der Waals surface area contributed by atoms with Gasteiger partial charge in [0.05, 0.1) is 0 Å². The Morgan fingerprint density at radius 1 is 0.973 bits per heavy atom. The van der Waals surface area contributed by atoms with Gasteiger partial charge in [-0.2, -0.15) is 0 Å². The van der Waals surface area contributed by atoms with E-state index in [9.17, 15) is 14.4 Å². The lowest BCUT2D eigenvalue weighted by atomic mass is 9.70. The Kier molecular flexibility index (Phi) is 8.16. The second-order valence-electron chi connectivity index (χ2n) is 10.6. The van der Waals surface area contributed by atoms with Crippen LogP contribution < -0.4 is 4.74 Å². The predicted molar refractivity (Wildman–Crippen MR) is 143 cm³/mol. The maximum atomic E-state index is 12.6. The Balaban J connectivity index is 1.94. The van der Waals surface area contributed by atoms with Crippen molar-refractivity contribution in [2.24, 2.45) is 5.41 Å². The number of carbonyl (C=O) groups excluding carboxylic acids is 2. The number of carboxylic acid groups (broad SMARTS) is 1. The number of aryl methyl sites for hydroxylation is 1. The summed E-state index contributed by atoms with van der Waals surface area (Å²) in [6, 6.07) is 13.7. The number of rotatable bonds is 10. The molecule has 0 aliphatic heterocycles. The molecule has 1 aromatic heterocycles. The van der Waals surface area contributed by atoms with Gasteiger partial charge in [0.25, 0.3) is 5.91 Å². The van der Waals surface area contributed by atoms with Crippen molar-refractivity contribution in [3.8, 4) is 5.75 Å². The van der Waals surface area contributed by atoms with Crippen LogP contribution in [0.3, 0.4) is 0 Å². The van der Waals surface area contributed by atoms with Crippen molar-refractivity contribution in [2.75, 3.05) is 20.2 Å². The number of ketones is 1. The Morgan fingerprint density at radius 3 is 2.16 bits per heavy atom. The molecule has 7 nitrogen and oxygen atoms in total. The monoisotopic (exact) mass is 507 g/mol. The summed E-state index contributed by atoms with van der Waals surface area (Å²) in [6.07, 6.45) is 1.70. The van der Waals surface area contributed by atoms with E-state index in [1.165, 1.54) is 7.05 Å². The van der Waals surface area contributed by atoms with Gasteiger partial charge in [-0.25, -0.2) is 0 Å². The molecule has 0 aliphatic carbocycles. The highest BCUT2D eigenvalue weighted by Crippen LogP contribution is 2.41. The molecule has 3 rings (SSSR count). The molecule has 0 spiro atoms. The Morgan fingerprint density at radius 2 is 1.59 bits per heavy atom. The fraction of sp³-hybridized carbons (Fsp3) is 0.433. The lowest BCUT2D eigenvalue weighted by molar-refractivity contribution is -0.137. The largest absolute Gasteiger partial charge is 0.486 e. The first-order valence-corrected chi connectivity index (χ1v) is 12.6. The van der Waals surface area contributed by atoms with Crippen LogP contribution in [0.2, 0.25) is 0 Å². The zero-order valence-electron chi connectivity index (χ0n) is 22.8. The molecule has 7 heteroatoms. The smallest absolute Gasteiger partial charge is 0.323 e. The Hall–Kier alpha value is -3.61. The van der Waals surface area contributed by atoms with Crippen LogP contribution in [-0.2, 0) is 15.0 Å². The number of ether oxygens (including phenoxy) is 1. The van der Waals surface area contributed by atoms with Gasteiger partial charge in [-0.3, -0.25) is 14.4 Å². The maximum Gasteiger partial charge on any atom is 0.323 e. The molecule has 198 valence electrons. The topological polar surface area (TPSA) is 97.0 Å². The number of fused-ring (bicyclic) bond motifs is 1. The van der Waals surface area contributed by atoms with E-state index in [1.807, 2.05) is 52.0 Å². The number of furan rings is 1. The van der Waals surface area contributed by atoms with Crippen LogP contribution in [0.4, 0.5) is 0 Å². The van der Waals surface area contributed by atoms with Gasteiger partial charge in [0.1, 0.15) is 24.5 Å². The minimum absolute atomic E-state index is 0.0379. The average Bonchev–Trinajstić information content (AvgIpc) is 3.26. The van der Waals surface area contributed by atoms with Crippen LogP contribution in [0.15, 0.2) is 46.9 Å². The van der Waals surface area contributed by atoms with Crippen molar-refractivity contribution in [2.45, 2.75) is 59.8 Å². The zero-order chi connectivity index (χ0) is 27.5. The summed E-state index contributed by atoms with van der Waals surface area (Å²) in [5.74, 6) is -0.711. The second-order valence-corrected chi connectivity index (χ2v) is 10.6. The molecular formula is C30H37NO6. The highest BCUT2D eigenvalue weighted by molar-refractivity contribution is 5.97. The summed E-state index contributed by atoms with van der Waals surface area (Å²) < 4.78 is 11.6. The first-order valence-electron chi connectivity index (χ1n) is 12.6. The molecule has 0 bridgehead atoms. The number of hydrogen-bond acceptors (Lipinski definition) is 5. The third-order valence-corrected chi connectivity index (χ3v) is 7.13. The number of Topliss-reactive ketones (excluding diaryl/α,β-unsaturated/α-hetero) is 1. The van der Waals surface area contributed by atoms with E-state index in [1.54, 1.807) is 6.07 Å². The maximum absolute atomic E-state index is 12.6. The van der Waals surface area contributed by atoms with E-state index in [0.717, 1.165) is 39.8 Å². The number of hydrogen-bond donors (Lipinski definition) is 1. The van der Waals surface area contributed by atoms with Gasteiger partial charge in [0.2, 0.25) is 0 Å². The lowest BCUT2D eigenvalue weighted by Gasteiger charge is -2.34. The molecule has 0 aliphatic rings. The van der Waals surface area contributed by atoms with Gasteiger partial charge in [-0.1, -0.05) is 52.8 Å². The predicted octanol–water partition coefficient (Wildman–Crippen LogP) is 6.00. The van der Waals surface area contributed by atoms with Crippen LogP contribution in [-0.4, -0.2) is 47.9 Å². The highest BCUT2D eigenvalue weighted by Gasteiger charge is 2.32. The summed E-state index contributed by atoms with van der Waals surface area (Å²) in [4.78, 5) is 37.0. The van der Waals surface area contributed by atoms with E-state index >= 15 is 0 Å². The summed E-state index contributed by atoms with van der Waals surface area (Å²) in [7, 11) is 1.43. The van der Waals surface area contributed by atoms with Crippen molar-refractivity contribution < 1.29 is 28.6 Å². The third-order valence-electron chi connectivity index (χ3n) is 7.13. The van der Waals surface area contributed by atoms with Crippen LogP contribution in [0.25, 0.3) is 11.0 Å². The molecule has 0 unspecified atom stereocenters. The van der Waals surface area contributed by atoms with Crippen molar-refractivity contribution in [1.29, 1.82) is 0 Å². The molecular weight excluding hydrogens is 470 g/mol. The number of aliphatic carboxylic acids is 1. The number of benzene rings is 2. The van der Waals surface area contributed by atoms with Gasteiger partial charge < -0.3 is 19.2 Å². The van der Waals surface area contributed by atoms with Crippen molar-refractivity contribution in [3.63, 3.8) is 0 Å². The van der Waals surface area contributed by atoms with Crippen LogP contribution in [0, 0.1) is 12.3 Å². The fourth-order valence-electron chi connectivity index (χ4n) is 4.61. The summed E-state index contributed by atoms with van der Waals surface area (Å²) >= 11 is 0. The lowest BCUT2D eigenvalue weighted by Crippen LogP contribution is -2.31. The van der Waals surface area contributed by atoms with E-state index in [4.69, 9.17) is 14.3 Å². The SMILES string of the molecule is CCC(CC)(c1ccc(OCC(=O)C(C)(C)C)c(C)c1)c1ccc2oc(C(=O)N(C)CC(=O)O)cc2c1. The minimum Gasteiger partial charge on any atom is -0.486 e. The number of carbonyl (C=O) groups is 3. The molecule has 37 heavy (non-hydrogen) atoms. The van der Waals surface area contributed by atoms with Crippen molar-refractivity contribution >= 4 is 28.6 Å². The van der Waals surface area contributed by atoms with E-state index in [2.05, 4.69) is 26.0 Å². The van der Waals surface area contributed by atoms with Gasteiger partial charge in [0, 0.05) is 23.3 Å². The summed E-state index contributed by atoms with van der Waals surface area (Å²) in [5, 5.41) is 9.77. The van der Waals surface area contributed by atoms with Crippen LogP contribution >= 0.6 is 0 Å². The van der Waals surface area contributed by atoms with E-state index in [-0.39, 0.29) is 23.6 Å². The minimum atomic E-state index is -1.09. The Labute approximate surface area is 218 Å². The molecule has 1 heterocycles. The molecule has 0 radical (unpaired) electrons. The second kappa shape index (κ2) is 10.8. The fourth-order valence-corrected chi connectivity index (χ4v) is 4.61. The van der Waals surface area contributed by atoms with Crippen LogP contribution in [0.1, 0.15) is 74.7 Å². The summed E-state index contributed by atoms with van der Waals surface area (Å²) in [5.41, 5.74) is 3.05. The number of carboxylic acids is 1. The average molecular weight is 508 g/mol. The zero-order valence-corrected chi connectivity index (χ0v) is 22.8. The molecule has 0 saturated carbocycles. The standard InChI is InChI=1S/C30H37NO6/c1-8-30(9-2,21-10-12-23(19(3)14-21)36-18-26(32)29(4,5)6)22-11-13-24-20(15-22)16-25(37-24)28(35)31(7)17-27(33)34/h10-16H,8-9,17-18H2,1-7H3,(H,33,34).